The second-order valence-corrected chi connectivity index (χ2v) is 11.7. The first-order chi connectivity index (χ1) is 14.2. The minimum absolute atomic E-state index is 0.144. The van der Waals surface area contributed by atoms with E-state index in [1.807, 2.05) is 0 Å². The number of aliphatic hydroxyl groups excluding tert-OH is 1. The summed E-state index contributed by atoms with van der Waals surface area (Å²) in [7, 11) is 0. The van der Waals surface area contributed by atoms with Crippen molar-refractivity contribution in [3.63, 3.8) is 0 Å². The minimum Gasteiger partial charge on any atom is -0.393 e. The molecule has 0 heterocycles. The summed E-state index contributed by atoms with van der Waals surface area (Å²) in [5.41, 5.74) is 5.27. The van der Waals surface area contributed by atoms with Crippen molar-refractivity contribution in [2.75, 3.05) is 0 Å². The molecule has 0 spiro atoms. The van der Waals surface area contributed by atoms with E-state index in [-0.39, 0.29) is 11.5 Å². The summed E-state index contributed by atoms with van der Waals surface area (Å²) < 4.78 is 0. The van der Waals surface area contributed by atoms with Crippen LogP contribution >= 0.6 is 0 Å². The molecule has 2 saturated carbocycles. The Bertz CT molecular complexity index is 780. The summed E-state index contributed by atoms with van der Waals surface area (Å²) in [5, 5.41) is 10.2. The van der Waals surface area contributed by atoms with E-state index in [4.69, 9.17) is 0 Å². The Labute approximate surface area is 185 Å². The highest BCUT2D eigenvalue weighted by Gasteiger charge is 2.54. The zero-order valence-corrected chi connectivity index (χ0v) is 20.2. The SMILES string of the molecule is CC[C@@H](/C=C/C(C)C1CCC2C3=CC=C4C[C@@H](O)CC[C@]4(C)C3=CC[C@@]21C)C(C)C. The molecule has 0 aromatic heterocycles. The molecule has 7 atom stereocenters. The number of allylic oxidation sites excluding steroid dienone is 7. The molecule has 4 rings (SSSR count). The van der Waals surface area contributed by atoms with Crippen LogP contribution in [0.3, 0.4) is 0 Å². The third-order valence-corrected chi connectivity index (χ3v) is 9.67. The van der Waals surface area contributed by atoms with E-state index in [9.17, 15) is 5.11 Å². The molecule has 2 fully saturated rings. The quantitative estimate of drug-likeness (QED) is 0.463. The number of hydrogen-bond donors (Lipinski definition) is 1. The standard InChI is InChI=1S/C29H44O/c1-7-21(19(2)3)9-8-20(4)25-12-13-26-24-11-10-22-18-23(30)14-16-28(22,5)27(24)15-17-29(25,26)6/h8-11,15,19-21,23,25-26,30H,7,12-14,16-18H2,1-6H3/b9-8+/t20?,21-,23-,25?,26?,28-,29+/m0/s1. The van der Waals surface area contributed by atoms with Gasteiger partial charge in [-0.15, -0.1) is 0 Å². The van der Waals surface area contributed by atoms with E-state index in [2.05, 4.69) is 71.9 Å². The number of hydrogen-bond acceptors (Lipinski definition) is 1. The number of aliphatic hydroxyl groups is 1. The predicted molar refractivity (Wildman–Crippen MR) is 128 cm³/mol. The van der Waals surface area contributed by atoms with Crippen LogP contribution in [0.5, 0.6) is 0 Å². The molecule has 166 valence electrons. The molecule has 0 aliphatic heterocycles. The van der Waals surface area contributed by atoms with Gasteiger partial charge in [0.05, 0.1) is 6.10 Å². The molecule has 4 aliphatic carbocycles. The van der Waals surface area contributed by atoms with E-state index in [0.717, 1.165) is 31.1 Å². The molecule has 0 radical (unpaired) electrons. The summed E-state index contributed by atoms with van der Waals surface area (Å²) in [5.74, 6) is 3.56. The van der Waals surface area contributed by atoms with Gasteiger partial charge in [-0.05, 0) is 91.1 Å². The van der Waals surface area contributed by atoms with Gasteiger partial charge in [0.2, 0.25) is 0 Å². The third kappa shape index (κ3) is 3.50. The highest BCUT2D eigenvalue weighted by molar-refractivity contribution is 5.53. The van der Waals surface area contributed by atoms with E-state index in [1.54, 1.807) is 11.1 Å². The Morgan fingerprint density at radius 3 is 2.57 bits per heavy atom. The Morgan fingerprint density at radius 1 is 1.10 bits per heavy atom. The molecule has 1 heteroatoms. The van der Waals surface area contributed by atoms with E-state index >= 15 is 0 Å². The lowest BCUT2D eigenvalue weighted by Gasteiger charge is -2.50. The molecule has 0 aromatic rings. The fourth-order valence-corrected chi connectivity index (χ4v) is 7.54. The van der Waals surface area contributed by atoms with Crippen LogP contribution in [0.25, 0.3) is 0 Å². The third-order valence-electron chi connectivity index (χ3n) is 9.67. The van der Waals surface area contributed by atoms with Crippen LogP contribution in [-0.2, 0) is 0 Å². The molecule has 0 amide bonds. The molecule has 0 bridgehead atoms. The zero-order chi connectivity index (χ0) is 21.7. The van der Waals surface area contributed by atoms with Crippen molar-refractivity contribution in [1.82, 2.24) is 0 Å². The van der Waals surface area contributed by atoms with Crippen molar-refractivity contribution in [3.05, 3.63) is 47.1 Å². The average Bonchev–Trinajstić information content (AvgIpc) is 3.06. The maximum absolute atomic E-state index is 10.2. The van der Waals surface area contributed by atoms with E-state index in [0.29, 0.717) is 23.2 Å². The minimum atomic E-state index is -0.144. The first-order valence-corrected chi connectivity index (χ1v) is 12.7. The fraction of sp³-hybridized carbons (Fsp3) is 0.724. The van der Waals surface area contributed by atoms with Crippen LogP contribution < -0.4 is 0 Å². The summed E-state index contributed by atoms with van der Waals surface area (Å²) >= 11 is 0. The fourth-order valence-electron chi connectivity index (χ4n) is 7.54. The normalized spacial score (nSPS) is 40.3. The van der Waals surface area contributed by atoms with Gasteiger partial charge < -0.3 is 5.11 Å². The van der Waals surface area contributed by atoms with Crippen LogP contribution in [-0.4, -0.2) is 11.2 Å². The van der Waals surface area contributed by atoms with E-state index in [1.165, 1.54) is 31.3 Å². The Hall–Kier alpha value is -1.08. The summed E-state index contributed by atoms with van der Waals surface area (Å²) in [4.78, 5) is 0. The summed E-state index contributed by atoms with van der Waals surface area (Å²) in [6.07, 6.45) is 20.4. The van der Waals surface area contributed by atoms with Crippen LogP contribution in [0.4, 0.5) is 0 Å². The lowest BCUT2D eigenvalue weighted by Crippen LogP contribution is -2.41. The van der Waals surface area contributed by atoms with Gasteiger partial charge in [-0.3, -0.25) is 0 Å². The van der Waals surface area contributed by atoms with Crippen molar-refractivity contribution in [1.29, 1.82) is 0 Å². The Morgan fingerprint density at radius 2 is 1.87 bits per heavy atom. The van der Waals surface area contributed by atoms with Crippen LogP contribution in [0.1, 0.15) is 86.5 Å². The smallest absolute Gasteiger partial charge is 0.0578 e. The van der Waals surface area contributed by atoms with Crippen LogP contribution in [0.15, 0.2) is 47.1 Å². The van der Waals surface area contributed by atoms with Gasteiger partial charge in [0.25, 0.3) is 0 Å². The van der Waals surface area contributed by atoms with Crippen molar-refractivity contribution in [2.45, 2.75) is 92.6 Å². The van der Waals surface area contributed by atoms with Gasteiger partial charge in [-0.2, -0.15) is 0 Å². The molecule has 1 N–H and O–H groups in total. The monoisotopic (exact) mass is 408 g/mol. The van der Waals surface area contributed by atoms with Crippen molar-refractivity contribution in [2.24, 2.45) is 40.4 Å². The number of rotatable bonds is 5. The molecular weight excluding hydrogens is 364 g/mol. The maximum Gasteiger partial charge on any atom is 0.0578 e. The summed E-state index contributed by atoms with van der Waals surface area (Å²) in [6, 6.07) is 0. The van der Waals surface area contributed by atoms with Gasteiger partial charge in [-0.25, -0.2) is 0 Å². The maximum atomic E-state index is 10.2. The van der Waals surface area contributed by atoms with Crippen molar-refractivity contribution in [3.8, 4) is 0 Å². The first-order valence-electron chi connectivity index (χ1n) is 12.7. The molecule has 30 heavy (non-hydrogen) atoms. The van der Waals surface area contributed by atoms with Gasteiger partial charge in [-0.1, -0.05) is 77.5 Å². The molecule has 4 aliphatic rings. The second kappa shape index (κ2) is 8.12. The highest BCUT2D eigenvalue weighted by atomic mass is 16.3. The molecule has 3 unspecified atom stereocenters. The first kappa shape index (κ1) is 22.1. The Balaban J connectivity index is 1.59. The van der Waals surface area contributed by atoms with Crippen molar-refractivity contribution < 1.29 is 5.11 Å². The Kier molecular flexibility index (Phi) is 5.99. The second-order valence-electron chi connectivity index (χ2n) is 11.7. The zero-order valence-electron chi connectivity index (χ0n) is 20.2. The molecule has 1 nitrogen and oxygen atoms in total. The van der Waals surface area contributed by atoms with Gasteiger partial charge >= 0.3 is 0 Å². The lowest BCUT2D eigenvalue weighted by atomic mass is 9.54. The average molecular weight is 409 g/mol. The van der Waals surface area contributed by atoms with Gasteiger partial charge in [0.15, 0.2) is 0 Å². The van der Waals surface area contributed by atoms with Crippen molar-refractivity contribution >= 4 is 0 Å². The molecular formula is C29H44O. The van der Waals surface area contributed by atoms with Gasteiger partial charge in [0, 0.05) is 5.41 Å². The topological polar surface area (TPSA) is 20.2 Å². The summed E-state index contributed by atoms with van der Waals surface area (Å²) in [6.45, 7) is 14.5. The number of fused-ring (bicyclic) bond motifs is 5. The lowest BCUT2D eigenvalue weighted by molar-refractivity contribution is 0.113. The van der Waals surface area contributed by atoms with Crippen LogP contribution in [0, 0.1) is 40.4 Å². The van der Waals surface area contributed by atoms with Gasteiger partial charge in [0.1, 0.15) is 0 Å². The van der Waals surface area contributed by atoms with E-state index < -0.39 is 0 Å². The highest BCUT2D eigenvalue weighted by Crippen LogP contribution is 2.63. The molecule has 0 aromatic carbocycles. The largest absolute Gasteiger partial charge is 0.393 e. The predicted octanol–water partition coefficient (Wildman–Crippen LogP) is 7.64. The molecule has 0 saturated heterocycles. The van der Waals surface area contributed by atoms with Crippen LogP contribution in [0.2, 0.25) is 0 Å².